The third kappa shape index (κ3) is 4.24. The third-order valence-electron chi connectivity index (χ3n) is 7.46. The predicted octanol–water partition coefficient (Wildman–Crippen LogP) is 3.06. The highest BCUT2D eigenvalue weighted by atomic mass is 16.5. The summed E-state index contributed by atoms with van der Waals surface area (Å²) in [5, 5.41) is 2.90. The molecular formula is C26H30N4O4. The highest BCUT2D eigenvalue weighted by Gasteiger charge is 2.58. The minimum atomic E-state index is -0.563. The number of aromatic nitrogens is 1. The van der Waals surface area contributed by atoms with Gasteiger partial charge in [0.2, 0.25) is 5.88 Å². The minimum absolute atomic E-state index is 0.0383. The van der Waals surface area contributed by atoms with Crippen molar-refractivity contribution in [3.8, 4) is 5.88 Å². The number of benzene rings is 1. The van der Waals surface area contributed by atoms with Crippen molar-refractivity contribution in [1.29, 1.82) is 0 Å². The maximum Gasteiger partial charge on any atom is 0.325 e. The molecule has 1 spiro atoms. The van der Waals surface area contributed by atoms with E-state index in [2.05, 4.69) is 29.4 Å². The quantitative estimate of drug-likeness (QED) is 0.585. The van der Waals surface area contributed by atoms with E-state index in [1.54, 1.807) is 18.3 Å². The van der Waals surface area contributed by atoms with Gasteiger partial charge in [0.1, 0.15) is 17.7 Å². The van der Waals surface area contributed by atoms with Gasteiger partial charge in [0.25, 0.3) is 11.8 Å². The summed E-state index contributed by atoms with van der Waals surface area (Å²) in [6, 6.07) is 12.7. The number of primary amides is 1. The van der Waals surface area contributed by atoms with Crippen LogP contribution >= 0.6 is 0 Å². The van der Waals surface area contributed by atoms with Crippen LogP contribution in [0.4, 0.5) is 4.79 Å². The van der Waals surface area contributed by atoms with E-state index >= 15 is 0 Å². The van der Waals surface area contributed by atoms with Crippen LogP contribution in [-0.2, 0) is 11.2 Å². The molecule has 2 saturated carbocycles. The number of imide groups is 1. The predicted molar refractivity (Wildman–Crippen MR) is 125 cm³/mol. The van der Waals surface area contributed by atoms with Gasteiger partial charge in [0.05, 0.1) is 0 Å². The van der Waals surface area contributed by atoms with Gasteiger partial charge in [-0.1, -0.05) is 37.3 Å². The lowest BCUT2D eigenvalue weighted by Crippen LogP contribution is -2.60. The number of ether oxygens (including phenoxy) is 1. The fraction of sp³-hybridized carbons (Fsp3) is 0.462. The summed E-state index contributed by atoms with van der Waals surface area (Å²) >= 11 is 0. The molecule has 34 heavy (non-hydrogen) atoms. The molecule has 2 aliphatic carbocycles. The van der Waals surface area contributed by atoms with Crippen molar-refractivity contribution < 1.29 is 19.1 Å². The van der Waals surface area contributed by atoms with Crippen molar-refractivity contribution in [2.24, 2.45) is 17.1 Å². The highest BCUT2D eigenvalue weighted by molar-refractivity contribution is 6.04. The summed E-state index contributed by atoms with van der Waals surface area (Å²) in [5.74, 6) is -0.110. The van der Waals surface area contributed by atoms with E-state index < -0.39 is 11.9 Å². The number of carbonyl (C=O) groups is 3. The Balaban J connectivity index is 1.11. The number of pyridine rings is 1. The molecule has 178 valence electrons. The Morgan fingerprint density at radius 3 is 2.62 bits per heavy atom. The molecule has 3 aliphatic rings. The van der Waals surface area contributed by atoms with Gasteiger partial charge in [-0.25, -0.2) is 9.78 Å². The minimum Gasteiger partial charge on any atom is -0.474 e. The van der Waals surface area contributed by atoms with Crippen LogP contribution in [0.5, 0.6) is 5.88 Å². The molecule has 1 saturated heterocycles. The Morgan fingerprint density at radius 2 is 1.91 bits per heavy atom. The number of rotatable bonds is 8. The van der Waals surface area contributed by atoms with Gasteiger partial charge in [-0.2, -0.15) is 0 Å². The van der Waals surface area contributed by atoms with Crippen LogP contribution in [0, 0.1) is 11.3 Å². The van der Waals surface area contributed by atoms with Crippen LogP contribution in [0.15, 0.2) is 48.7 Å². The van der Waals surface area contributed by atoms with E-state index in [1.807, 2.05) is 18.2 Å². The molecule has 1 aliphatic heterocycles. The number of carbonyl (C=O) groups excluding carboxylic acids is 3. The maximum absolute atomic E-state index is 13.0. The van der Waals surface area contributed by atoms with E-state index in [1.165, 1.54) is 10.5 Å². The molecule has 2 heterocycles. The van der Waals surface area contributed by atoms with Crippen LogP contribution in [0.1, 0.15) is 54.9 Å². The second-order valence-corrected chi connectivity index (χ2v) is 10.2. The molecule has 2 aromatic rings. The van der Waals surface area contributed by atoms with Gasteiger partial charge in [-0.05, 0) is 67.6 Å². The number of amides is 4. The summed E-state index contributed by atoms with van der Waals surface area (Å²) in [7, 11) is 0. The van der Waals surface area contributed by atoms with E-state index in [0.717, 1.165) is 32.1 Å². The average molecular weight is 463 g/mol. The topological polar surface area (TPSA) is 115 Å². The van der Waals surface area contributed by atoms with Crippen molar-refractivity contribution in [2.45, 2.75) is 63.6 Å². The number of hydrogen-bond acceptors (Lipinski definition) is 5. The first-order valence-corrected chi connectivity index (χ1v) is 11.9. The van der Waals surface area contributed by atoms with Crippen molar-refractivity contribution in [3.05, 3.63) is 59.8 Å². The van der Waals surface area contributed by atoms with Gasteiger partial charge in [0, 0.05) is 12.2 Å². The third-order valence-corrected chi connectivity index (χ3v) is 7.46. The zero-order valence-corrected chi connectivity index (χ0v) is 19.3. The standard InChI is InChI=1S/C26H30N4O4/c1-16(10-17-6-3-2-4-7-17)11-21-24(32)30(25(33)29-21)18-12-26(13-18)14-19(15-26)34-23-20(22(27)31)8-5-9-28-23/h2-9,16,18-19,21H,10-15H2,1H3,(H2,27,31)(H,29,33)/t16?,18-,19-,21?,26?. The molecule has 8 nitrogen and oxygen atoms in total. The molecule has 3 fully saturated rings. The van der Waals surface area contributed by atoms with E-state index in [-0.39, 0.29) is 46.9 Å². The largest absolute Gasteiger partial charge is 0.474 e. The Hall–Kier alpha value is -3.42. The fourth-order valence-corrected chi connectivity index (χ4v) is 5.83. The van der Waals surface area contributed by atoms with Crippen molar-refractivity contribution in [3.63, 3.8) is 0 Å². The van der Waals surface area contributed by atoms with Crippen LogP contribution < -0.4 is 15.8 Å². The zero-order chi connectivity index (χ0) is 23.9. The molecule has 2 atom stereocenters. The molecule has 5 rings (SSSR count). The lowest BCUT2D eigenvalue weighted by atomic mass is 9.52. The maximum atomic E-state index is 13.0. The van der Waals surface area contributed by atoms with Crippen LogP contribution in [0.25, 0.3) is 0 Å². The van der Waals surface area contributed by atoms with Gasteiger partial charge < -0.3 is 15.8 Å². The first kappa shape index (κ1) is 22.4. The highest BCUT2D eigenvalue weighted by Crippen LogP contribution is 2.58. The molecule has 8 heteroatoms. The monoisotopic (exact) mass is 462 g/mol. The number of urea groups is 1. The van der Waals surface area contributed by atoms with Crippen molar-refractivity contribution >= 4 is 17.8 Å². The normalized spacial score (nSPS) is 28.7. The van der Waals surface area contributed by atoms with Gasteiger partial charge >= 0.3 is 6.03 Å². The van der Waals surface area contributed by atoms with Crippen LogP contribution in [0.2, 0.25) is 0 Å². The summed E-state index contributed by atoms with van der Waals surface area (Å²) in [6.07, 6.45) is 6.28. The Labute approximate surface area is 198 Å². The van der Waals surface area contributed by atoms with E-state index in [4.69, 9.17) is 10.5 Å². The van der Waals surface area contributed by atoms with Crippen molar-refractivity contribution in [2.75, 3.05) is 0 Å². The number of nitrogens with two attached hydrogens (primary N) is 1. The summed E-state index contributed by atoms with van der Waals surface area (Å²) in [5.41, 5.74) is 7.01. The SMILES string of the molecule is CC(Cc1ccccc1)CC1NC(=O)N([C@H]2CC3(C[C@H](Oc4ncccc4C(N)=O)C3)C2)C1=O. The van der Waals surface area contributed by atoms with Gasteiger partial charge in [-0.3, -0.25) is 14.5 Å². The Morgan fingerprint density at radius 1 is 1.18 bits per heavy atom. The van der Waals surface area contributed by atoms with E-state index in [9.17, 15) is 14.4 Å². The lowest BCUT2D eigenvalue weighted by molar-refractivity contribution is -0.141. The molecule has 1 aromatic carbocycles. The first-order valence-electron chi connectivity index (χ1n) is 11.9. The Bertz CT molecular complexity index is 1090. The summed E-state index contributed by atoms with van der Waals surface area (Å²) in [4.78, 5) is 42.8. The lowest BCUT2D eigenvalue weighted by Gasteiger charge is -2.58. The van der Waals surface area contributed by atoms with E-state index in [0.29, 0.717) is 6.42 Å². The number of hydrogen-bond donors (Lipinski definition) is 2. The smallest absolute Gasteiger partial charge is 0.325 e. The molecular weight excluding hydrogens is 432 g/mol. The summed E-state index contributed by atoms with van der Waals surface area (Å²) < 4.78 is 5.91. The second-order valence-electron chi connectivity index (χ2n) is 10.2. The van der Waals surface area contributed by atoms with Gasteiger partial charge in [0.15, 0.2) is 0 Å². The number of nitrogens with one attached hydrogen (secondary N) is 1. The Kier molecular flexibility index (Phi) is 5.75. The molecule has 1 aromatic heterocycles. The molecule has 4 amide bonds. The van der Waals surface area contributed by atoms with Crippen LogP contribution in [-0.4, -0.2) is 45.9 Å². The molecule has 0 radical (unpaired) electrons. The zero-order valence-electron chi connectivity index (χ0n) is 19.3. The van der Waals surface area contributed by atoms with Crippen LogP contribution in [0.3, 0.4) is 0 Å². The fourth-order valence-electron chi connectivity index (χ4n) is 5.83. The van der Waals surface area contributed by atoms with Gasteiger partial charge in [-0.15, -0.1) is 0 Å². The second kappa shape index (κ2) is 8.74. The molecule has 2 unspecified atom stereocenters. The summed E-state index contributed by atoms with van der Waals surface area (Å²) in [6.45, 7) is 2.12. The molecule has 0 bridgehead atoms. The average Bonchev–Trinajstić information content (AvgIpc) is 3.02. The first-order chi connectivity index (χ1) is 16.3. The number of nitrogens with zero attached hydrogens (tertiary/aromatic N) is 2. The molecule has 3 N–H and O–H groups in total. The van der Waals surface area contributed by atoms with Crippen molar-refractivity contribution in [1.82, 2.24) is 15.2 Å².